The number of halogens is 1. The van der Waals surface area contributed by atoms with E-state index in [4.69, 9.17) is 9.84 Å². The lowest BCUT2D eigenvalue weighted by Crippen LogP contribution is -2.21. The van der Waals surface area contributed by atoms with E-state index in [0.717, 1.165) is 31.8 Å². The first-order valence-corrected chi connectivity index (χ1v) is 13.0. The quantitative estimate of drug-likeness (QED) is 0.190. The summed E-state index contributed by atoms with van der Waals surface area (Å²) in [7, 11) is 4.85. The molecule has 0 N–H and O–H groups in total. The minimum absolute atomic E-state index is 0.0124. The van der Waals surface area contributed by atoms with Crippen LogP contribution >= 0.6 is 22.6 Å². The predicted molar refractivity (Wildman–Crippen MR) is 155 cm³/mol. The maximum atomic E-state index is 12.4. The van der Waals surface area contributed by atoms with E-state index < -0.39 is 0 Å². The highest BCUT2D eigenvalue weighted by Crippen LogP contribution is 2.33. The van der Waals surface area contributed by atoms with Crippen molar-refractivity contribution in [2.45, 2.75) is 26.2 Å². The number of esters is 1. The monoisotopic (exact) mass is 607 g/mol. The van der Waals surface area contributed by atoms with Crippen molar-refractivity contribution in [3.8, 4) is 28.2 Å². The highest BCUT2D eigenvalue weighted by molar-refractivity contribution is 14.1. The maximum absolute atomic E-state index is 12.4. The van der Waals surface area contributed by atoms with Crippen molar-refractivity contribution < 1.29 is 14.3 Å². The topological polar surface area (TPSA) is 64.4 Å². The Hall–Kier alpha value is -3.46. The molecule has 0 radical (unpaired) electrons. The van der Waals surface area contributed by atoms with Crippen LogP contribution in [0.2, 0.25) is 0 Å². The molecule has 0 saturated heterocycles. The molecule has 1 amide bonds. The van der Waals surface area contributed by atoms with Crippen LogP contribution in [0.1, 0.15) is 47.1 Å². The van der Waals surface area contributed by atoms with Crippen molar-refractivity contribution in [2.24, 2.45) is 0 Å². The van der Waals surface area contributed by atoms with Gasteiger partial charge < -0.3 is 9.64 Å². The number of methoxy groups -OCH3 is 1. The van der Waals surface area contributed by atoms with Crippen LogP contribution < -0.4 is 0 Å². The van der Waals surface area contributed by atoms with Crippen molar-refractivity contribution in [3.63, 3.8) is 0 Å². The highest BCUT2D eigenvalue weighted by Gasteiger charge is 2.19. The summed E-state index contributed by atoms with van der Waals surface area (Å²) in [4.78, 5) is 25.8. The number of benzene rings is 3. The Morgan fingerprint density at radius 3 is 2.05 bits per heavy atom. The summed E-state index contributed by atoms with van der Waals surface area (Å²) in [5.74, 6) is -0.426. The summed E-state index contributed by atoms with van der Waals surface area (Å²) < 4.78 is 7.88. The fourth-order valence-electron chi connectivity index (χ4n) is 3.99. The van der Waals surface area contributed by atoms with Crippen LogP contribution in [-0.4, -0.2) is 47.8 Å². The van der Waals surface area contributed by atoms with Crippen LogP contribution in [0.3, 0.4) is 0 Å². The molecule has 1 aromatic heterocycles. The minimum Gasteiger partial charge on any atom is -0.465 e. The fourth-order valence-corrected chi connectivity index (χ4v) is 4.66. The second-order valence-corrected chi connectivity index (χ2v) is 11.4. The predicted octanol–water partition coefficient (Wildman–Crippen LogP) is 6.60. The molecular weight excluding hydrogens is 577 g/mol. The Labute approximate surface area is 231 Å². The van der Waals surface area contributed by atoms with Gasteiger partial charge in [-0.05, 0) is 94.2 Å². The number of carbonyl (C=O) groups excluding carboxylic acids is 2. The Morgan fingerprint density at radius 1 is 0.865 bits per heavy atom. The molecule has 0 aliphatic heterocycles. The first-order chi connectivity index (χ1) is 17.5. The Bertz CT molecular complexity index is 1450. The van der Waals surface area contributed by atoms with Crippen LogP contribution in [0.4, 0.5) is 0 Å². The van der Waals surface area contributed by atoms with Gasteiger partial charge in [0.1, 0.15) is 0 Å². The summed E-state index contributed by atoms with van der Waals surface area (Å²) in [5, 5.41) is 4.96. The summed E-state index contributed by atoms with van der Waals surface area (Å²) >= 11 is 2.36. The number of rotatable bonds is 5. The first-order valence-electron chi connectivity index (χ1n) is 11.9. The number of ether oxygens (including phenoxy) is 1. The van der Waals surface area contributed by atoms with Gasteiger partial charge in [0.15, 0.2) is 0 Å². The summed E-state index contributed by atoms with van der Waals surface area (Å²) in [6.45, 7) is 6.61. The van der Waals surface area contributed by atoms with E-state index in [9.17, 15) is 9.59 Å². The highest BCUT2D eigenvalue weighted by atomic mass is 127. The van der Waals surface area contributed by atoms with Crippen molar-refractivity contribution >= 4 is 34.5 Å². The van der Waals surface area contributed by atoms with E-state index in [1.54, 1.807) is 31.1 Å². The summed E-state index contributed by atoms with van der Waals surface area (Å²) in [6.07, 6.45) is 0. The number of nitrogens with zero attached hydrogens (tertiary/aromatic N) is 3. The van der Waals surface area contributed by atoms with Crippen LogP contribution in [0.5, 0.6) is 0 Å². The van der Waals surface area contributed by atoms with Crippen molar-refractivity contribution in [1.82, 2.24) is 14.7 Å². The molecule has 37 heavy (non-hydrogen) atoms. The van der Waals surface area contributed by atoms with Crippen molar-refractivity contribution in [2.75, 3.05) is 21.2 Å². The number of hydrogen-bond donors (Lipinski definition) is 0. The molecule has 3 aromatic carbocycles. The van der Waals surface area contributed by atoms with Crippen molar-refractivity contribution in [1.29, 1.82) is 0 Å². The summed E-state index contributed by atoms with van der Waals surface area (Å²) in [6, 6.07) is 23.3. The third kappa shape index (κ3) is 5.77. The van der Waals surface area contributed by atoms with Crippen LogP contribution in [0.25, 0.3) is 28.2 Å². The second-order valence-electron chi connectivity index (χ2n) is 10.1. The average molecular weight is 607 g/mol. The molecule has 6 nitrogen and oxygen atoms in total. The first kappa shape index (κ1) is 26.6. The van der Waals surface area contributed by atoms with Crippen LogP contribution in [-0.2, 0) is 10.2 Å². The maximum Gasteiger partial charge on any atom is 0.337 e. The standard InChI is InChI=1S/C30H30IN3O3/c1-30(2,3)23-15-22(16-24(31)17-23)27-18-26(19-7-9-21(10-8-19)29(36)37-6)32-34(27)25-13-11-20(12-14-25)28(35)33(4)5/h7-18H,1-6H3. The van der Waals surface area contributed by atoms with Gasteiger partial charge in [-0.3, -0.25) is 4.79 Å². The zero-order valence-corrected chi connectivity index (χ0v) is 24.0. The zero-order valence-electron chi connectivity index (χ0n) is 21.9. The third-order valence-corrected chi connectivity index (χ3v) is 6.76. The SMILES string of the molecule is COC(=O)c1ccc(-c2cc(-c3cc(I)cc(C(C)(C)C)c3)n(-c3ccc(C(=O)N(C)C)cc3)n2)cc1. The van der Waals surface area contributed by atoms with E-state index >= 15 is 0 Å². The van der Waals surface area contributed by atoms with Gasteiger partial charge in [-0.1, -0.05) is 32.9 Å². The molecule has 0 fully saturated rings. The molecule has 0 saturated carbocycles. The van der Waals surface area contributed by atoms with Crippen LogP contribution in [0.15, 0.2) is 72.8 Å². The lowest BCUT2D eigenvalue weighted by molar-refractivity contribution is 0.0600. The molecule has 190 valence electrons. The molecule has 1 heterocycles. The van der Waals surface area contributed by atoms with Gasteiger partial charge in [0.2, 0.25) is 0 Å². The van der Waals surface area contributed by atoms with E-state index in [0.29, 0.717) is 11.1 Å². The lowest BCUT2D eigenvalue weighted by Gasteiger charge is -2.20. The van der Waals surface area contributed by atoms with E-state index in [-0.39, 0.29) is 17.3 Å². The molecule has 0 bridgehead atoms. The smallest absolute Gasteiger partial charge is 0.337 e. The molecule has 0 aliphatic rings. The van der Waals surface area contributed by atoms with Crippen molar-refractivity contribution in [3.05, 3.63) is 93.1 Å². The lowest BCUT2D eigenvalue weighted by atomic mass is 9.86. The second kappa shape index (κ2) is 10.5. The van der Waals surface area contributed by atoms with Gasteiger partial charge in [0.25, 0.3) is 5.91 Å². The third-order valence-electron chi connectivity index (χ3n) is 6.14. The Kier molecular flexibility index (Phi) is 7.54. The molecule has 4 rings (SSSR count). The molecule has 4 aromatic rings. The molecular formula is C30H30IN3O3. The number of aromatic nitrogens is 2. The van der Waals surface area contributed by atoms with Gasteiger partial charge in [-0.25, -0.2) is 9.48 Å². The normalized spacial score (nSPS) is 11.3. The largest absolute Gasteiger partial charge is 0.465 e. The van der Waals surface area contributed by atoms with E-state index in [1.807, 2.05) is 41.1 Å². The fraction of sp³-hybridized carbons (Fsp3) is 0.233. The number of amides is 1. The molecule has 0 atom stereocenters. The number of carbonyl (C=O) groups is 2. The zero-order chi connectivity index (χ0) is 26.9. The minimum atomic E-state index is -0.376. The van der Waals surface area contributed by atoms with Crippen LogP contribution in [0, 0.1) is 3.57 Å². The molecule has 7 heteroatoms. The number of hydrogen-bond acceptors (Lipinski definition) is 4. The van der Waals surface area contributed by atoms with Gasteiger partial charge >= 0.3 is 5.97 Å². The summed E-state index contributed by atoms with van der Waals surface area (Å²) in [5.41, 5.74) is 6.81. The van der Waals surface area contributed by atoms with E-state index in [1.165, 1.54) is 12.7 Å². The Balaban J connectivity index is 1.86. The van der Waals surface area contributed by atoms with Gasteiger partial charge in [0.05, 0.1) is 29.7 Å². The molecule has 0 spiro atoms. The van der Waals surface area contributed by atoms with Gasteiger partial charge in [-0.2, -0.15) is 5.10 Å². The Morgan fingerprint density at radius 2 is 1.49 bits per heavy atom. The molecule has 0 unspecified atom stereocenters. The average Bonchev–Trinajstić information content (AvgIpc) is 3.32. The van der Waals surface area contributed by atoms with Gasteiger partial charge in [0, 0.05) is 34.4 Å². The van der Waals surface area contributed by atoms with Gasteiger partial charge in [-0.15, -0.1) is 0 Å². The molecule has 0 aliphatic carbocycles. The van der Waals surface area contributed by atoms with E-state index in [2.05, 4.69) is 67.6 Å².